The van der Waals surface area contributed by atoms with Gasteiger partial charge in [0.15, 0.2) is 0 Å². The van der Waals surface area contributed by atoms with Gasteiger partial charge in [0.2, 0.25) is 21.8 Å². The van der Waals surface area contributed by atoms with E-state index in [1.807, 2.05) is 13.8 Å². The van der Waals surface area contributed by atoms with Crippen LogP contribution < -0.4 is 9.62 Å². The van der Waals surface area contributed by atoms with Crippen LogP contribution >= 0.6 is 11.6 Å². The van der Waals surface area contributed by atoms with Gasteiger partial charge in [0, 0.05) is 18.7 Å². The molecule has 0 aromatic heterocycles. The third kappa shape index (κ3) is 7.43. The van der Waals surface area contributed by atoms with Gasteiger partial charge in [-0.15, -0.1) is 0 Å². The van der Waals surface area contributed by atoms with Crippen LogP contribution in [0.1, 0.15) is 26.3 Å². The largest absolute Gasteiger partial charge is 0.354 e. The summed E-state index contributed by atoms with van der Waals surface area (Å²) in [6, 6.07) is 11.2. The molecular weight excluding hydrogens is 469 g/mol. The summed E-state index contributed by atoms with van der Waals surface area (Å²) in [5.74, 6) is -1.43. The predicted molar refractivity (Wildman–Crippen MR) is 128 cm³/mol. The number of sulfonamides is 1. The van der Waals surface area contributed by atoms with Crippen LogP contribution in [0, 0.1) is 11.7 Å². The van der Waals surface area contributed by atoms with E-state index in [1.165, 1.54) is 42.2 Å². The van der Waals surface area contributed by atoms with Crippen molar-refractivity contribution in [3.8, 4) is 0 Å². The lowest BCUT2D eigenvalue weighted by atomic mass is 10.1. The van der Waals surface area contributed by atoms with E-state index in [4.69, 9.17) is 11.6 Å². The first-order valence-electron chi connectivity index (χ1n) is 10.4. The van der Waals surface area contributed by atoms with Crippen LogP contribution in [0.25, 0.3) is 0 Å². The fourth-order valence-corrected chi connectivity index (χ4v) is 4.24. The van der Waals surface area contributed by atoms with E-state index in [0.717, 1.165) is 10.6 Å². The van der Waals surface area contributed by atoms with Gasteiger partial charge in [-0.1, -0.05) is 55.8 Å². The molecule has 1 N–H and O–H groups in total. The van der Waals surface area contributed by atoms with Crippen molar-refractivity contribution in [2.75, 3.05) is 23.7 Å². The van der Waals surface area contributed by atoms with Gasteiger partial charge in [0.05, 0.1) is 17.0 Å². The van der Waals surface area contributed by atoms with E-state index in [-0.39, 0.29) is 28.7 Å². The summed E-state index contributed by atoms with van der Waals surface area (Å²) in [4.78, 5) is 27.3. The monoisotopic (exact) mass is 497 g/mol. The van der Waals surface area contributed by atoms with Gasteiger partial charge in [-0.3, -0.25) is 13.9 Å². The molecule has 0 saturated carbocycles. The van der Waals surface area contributed by atoms with Crippen LogP contribution in [0.15, 0.2) is 48.5 Å². The number of rotatable bonds is 10. The molecule has 0 radical (unpaired) electrons. The van der Waals surface area contributed by atoms with E-state index < -0.39 is 40.2 Å². The smallest absolute Gasteiger partial charge is 0.244 e. The minimum atomic E-state index is -3.89. The molecule has 0 saturated heterocycles. The zero-order valence-electron chi connectivity index (χ0n) is 19.1. The summed E-state index contributed by atoms with van der Waals surface area (Å²) in [6.45, 7) is 4.98. The molecule has 0 fully saturated rings. The van der Waals surface area contributed by atoms with Gasteiger partial charge in [0.25, 0.3) is 0 Å². The Bertz CT molecular complexity index is 1090. The Morgan fingerprint density at radius 1 is 1.06 bits per heavy atom. The van der Waals surface area contributed by atoms with Gasteiger partial charge in [0.1, 0.15) is 18.4 Å². The number of amides is 2. The average Bonchev–Trinajstić information content (AvgIpc) is 2.74. The van der Waals surface area contributed by atoms with Crippen molar-refractivity contribution < 1.29 is 22.4 Å². The Kier molecular flexibility index (Phi) is 9.25. The summed E-state index contributed by atoms with van der Waals surface area (Å²) in [5, 5.41) is 2.91. The normalized spacial score (nSPS) is 12.3. The second kappa shape index (κ2) is 11.5. The summed E-state index contributed by atoms with van der Waals surface area (Å²) in [6.07, 6.45) is 0.962. The molecule has 10 heteroatoms. The molecule has 0 aliphatic carbocycles. The van der Waals surface area contributed by atoms with E-state index in [9.17, 15) is 22.4 Å². The van der Waals surface area contributed by atoms with Crippen molar-refractivity contribution in [2.24, 2.45) is 5.92 Å². The number of nitrogens with zero attached hydrogens (tertiary/aromatic N) is 2. The lowest BCUT2D eigenvalue weighted by Gasteiger charge is -2.32. The van der Waals surface area contributed by atoms with Crippen molar-refractivity contribution in [2.45, 2.75) is 33.4 Å². The van der Waals surface area contributed by atoms with Crippen molar-refractivity contribution in [1.82, 2.24) is 10.2 Å². The van der Waals surface area contributed by atoms with E-state index >= 15 is 0 Å². The Hall–Kier alpha value is -2.65. The molecule has 2 rings (SSSR count). The molecule has 0 bridgehead atoms. The van der Waals surface area contributed by atoms with Gasteiger partial charge >= 0.3 is 0 Å². The van der Waals surface area contributed by atoms with Crippen molar-refractivity contribution in [3.05, 3.63) is 64.9 Å². The lowest BCUT2D eigenvalue weighted by Crippen LogP contribution is -2.51. The number of benzene rings is 2. The topological polar surface area (TPSA) is 86.8 Å². The lowest BCUT2D eigenvalue weighted by molar-refractivity contribution is -0.139. The van der Waals surface area contributed by atoms with Crippen LogP contribution in [-0.4, -0.2) is 50.5 Å². The highest BCUT2D eigenvalue weighted by Crippen LogP contribution is 2.27. The number of carbonyl (C=O) groups is 2. The molecule has 0 aliphatic heterocycles. The maximum Gasteiger partial charge on any atom is 0.244 e. The SMILES string of the molecule is CC(C)CNC(=O)[C@@H](C)N(Cc1ccccc1F)C(=O)CN(c1ccccc1Cl)S(C)(=O)=O. The summed E-state index contributed by atoms with van der Waals surface area (Å²) in [7, 11) is -3.89. The summed E-state index contributed by atoms with van der Waals surface area (Å²) in [5.41, 5.74) is 0.343. The minimum absolute atomic E-state index is 0.137. The first kappa shape index (κ1) is 26.6. The molecule has 2 amide bonds. The Labute approximate surface area is 199 Å². The number of para-hydroxylation sites is 1. The number of anilines is 1. The highest BCUT2D eigenvalue weighted by molar-refractivity contribution is 7.92. The van der Waals surface area contributed by atoms with Gasteiger partial charge < -0.3 is 10.2 Å². The first-order chi connectivity index (χ1) is 15.4. The van der Waals surface area contributed by atoms with Crippen molar-refractivity contribution in [3.63, 3.8) is 0 Å². The van der Waals surface area contributed by atoms with Gasteiger partial charge in [-0.25, -0.2) is 12.8 Å². The second-order valence-electron chi connectivity index (χ2n) is 8.15. The maximum absolute atomic E-state index is 14.3. The molecule has 2 aromatic carbocycles. The number of halogens is 2. The molecule has 0 spiro atoms. The zero-order chi connectivity index (χ0) is 24.8. The number of nitrogens with one attached hydrogen (secondary N) is 1. The van der Waals surface area contributed by atoms with Gasteiger partial charge in [-0.05, 0) is 31.0 Å². The molecule has 1 atom stereocenters. The summed E-state index contributed by atoms with van der Waals surface area (Å²) < 4.78 is 40.2. The third-order valence-corrected chi connectivity index (χ3v) is 6.40. The van der Waals surface area contributed by atoms with Crippen LogP contribution in [0.2, 0.25) is 5.02 Å². The average molecular weight is 498 g/mol. The minimum Gasteiger partial charge on any atom is -0.354 e. The van der Waals surface area contributed by atoms with Gasteiger partial charge in [-0.2, -0.15) is 0 Å². The molecular formula is C23H29ClFN3O4S. The molecule has 2 aromatic rings. The zero-order valence-corrected chi connectivity index (χ0v) is 20.7. The number of hydrogen-bond acceptors (Lipinski definition) is 4. The highest BCUT2D eigenvalue weighted by atomic mass is 35.5. The van der Waals surface area contributed by atoms with Crippen LogP contribution in [0.3, 0.4) is 0 Å². The third-order valence-electron chi connectivity index (χ3n) is 4.95. The molecule has 0 unspecified atom stereocenters. The Balaban J connectivity index is 2.39. The van der Waals surface area contributed by atoms with Crippen LogP contribution in [0.4, 0.5) is 10.1 Å². The number of hydrogen-bond donors (Lipinski definition) is 1. The fraction of sp³-hybridized carbons (Fsp3) is 0.391. The molecule has 0 aliphatic rings. The quantitative estimate of drug-likeness (QED) is 0.544. The van der Waals surface area contributed by atoms with E-state index in [0.29, 0.717) is 6.54 Å². The van der Waals surface area contributed by atoms with Crippen LogP contribution in [-0.2, 0) is 26.2 Å². The molecule has 7 nitrogen and oxygen atoms in total. The van der Waals surface area contributed by atoms with Crippen LogP contribution in [0.5, 0.6) is 0 Å². The number of carbonyl (C=O) groups excluding carboxylic acids is 2. The second-order valence-corrected chi connectivity index (χ2v) is 10.5. The van der Waals surface area contributed by atoms with E-state index in [2.05, 4.69) is 5.32 Å². The fourth-order valence-electron chi connectivity index (χ4n) is 3.09. The maximum atomic E-state index is 14.3. The molecule has 33 heavy (non-hydrogen) atoms. The van der Waals surface area contributed by atoms with Crippen molar-refractivity contribution in [1.29, 1.82) is 0 Å². The molecule has 0 heterocycles. The standard InChI is InChI=1S/C23H29ClFN3O4S/c1-16(2)13-26-23(30)17(3)27(14-18-9-5-7-11-20(18)25)22(29)15-28(33(4,31)32)21-12-8-6-10-19(21)24/h5-12,16-17H,13-15H2,1-4H3,(H,26,30)/t17-/m1/s1. The Morgan fingerprint density at radius 2 is 1.67 bits per heavy atom. The first-order valence-corrected chi connectivity index (χ1v) is 12.7. The van der Waals surface area contributed by atoms with E-state index in [1.54, 1.807) is 18.2 Å². The molecule has 180 valence electrons. The predicted octanol–water partition coefficient (Wildman–Crippen LogP) is 3.43. The van der Waals surface area contributed by atoms with Crippen molar-refractivity contribution >= 4 is 39.1 Å². The Morgan fingerprint density at radius 3 is 2.24 bits per heavy atom. The highest BCUT2D eigenvalue weighted by Gasteiger charge is 2.31. The summed E-state index contributed by atoms with van der Waals surface area (Å²) >= 11 is 6.18.